The van der Waals surface area contributed by atoms with Gasteiger partial charge in [0, 0.05) is 6.61 Å². The number of hydrogen-bond acceptors (Lipinski definition) is 6. The lowest BCUT2D eigenvalue weighted by Gasteiger charge is -2.40. The second-order valence-electron chi connectivity index (χ2n) is 12.4. The molecule has 2 rings (SSSR count). The molecule has 9 heteroatoms. The SMILES string of the molecule is CC(C)(C)OC(=O)[C@H](O[Si](C)(C)C(C)(C)C)[C@@H](OCCCC=Cc1ccc(Cl)c(Cl)c1)C(=O)OCc1ccccc1. The molecular weight excluding hydrogens is 579 g/mol. The van der Waals surface area contributed by atoms with Crippen LogP contribution in [0, 0.1) is 0 Å². The predicted molar refractivity (Wildman–Crippen MR) is 169 cm³/mol. The Balaban J connectivity index is 2.23. The van der Waals surface area contributed by atoms with Gasteiger partial charge in [-0.25, -0.2) is 9.59 Å². The minimum Gasteiger partial charge on any atom is -0.459 e. The van der Waals surface area contributed by atoms with Gasteiger partial charge in [-0.2, -0.15) is 0 Å². The van der Waals surface area contributed by atoms with Gasteiger partial charge in [0.2, 0.25) is 0 Å². The van der Waals surface area contributed by atoms with Crippen molar-refractivity contribution in [1.82, 2.24) is 0 Å². The van der Waals surface area contributed by atoms with Crippen molar-refractivity contribution in [2.75, 3.05) is 6.61 Å². The molecule has 41 heavy (non-hydrogen) atoms. The van der Waals surface area contributed by atoms with E-state index < -0.39 is 38.1 Å². The van der Waals surface area contributed by atoms with E-state index in [9.17, 15) is 9.59 Å². The fourth-order valence-electron chi connectivity index (χ4n) is 3.42. The van der Waals surface area contributed by atoms with Crippen molar-refractivity contribution in [3.05, 3.63) is 75.8 Å². The Hall–Kier alpha value is -2.16. The van der Waals surface area contributed by atoms with Gasteiger partial charge in [0.05, 0.1) is 10.0 Å². The zero-order chi connectivity index (χ0) is 30.8. The van der Waals surface area contributed by atoms with Crippen LogP contribution in [0.1, 0.15) is 65.5 Å². The normalized spacial score (nSPS) is 14.1. The summed E-state index contributed by atoms with van der Waals surface area (Å²) in [5.74, 6) is -1.32. The third kappa shape index (κ3) is 11.9. The van der Waals surface area contributed by atoms with Gasteiger partial charge in [0.1, 0.15) is 12.2 Å². The lowest BCUT2D eigenvalue weighted by atomic mass is 10.1. The van der Waals surface area contributed by atoms with Gasteiger partial charge in [0.15, 0.2) is 20.5 Å². The summed E-state index contributed by atoms with van der Waals surface area (Å²) in [6.07, 6.45) is 2.64. The van der Waals surface area contributed by atoms with Crippen LogP contribution in [0.5, 0.6) is 0 Å². The average Bonchev–Trinajstić information content (AvgIpc) is 2.86. The van der Waals surface area contributed by atoms with Crippen molar-refractivity contribution in [2.45, 2.75) is 96.9 Å². The number of carbonyl (C=O) groups is 2. The van der Waals surface area contributed by atoms with Crippen molar-refractivity contribution >= 4 is 49.5 Å². The quantitative estimate of drug-likeness (QED) is 0.126. The van der Waals surface area contributed by atoms with E-state index in [4.69, 9.17) is 41.8 Å². The fourth-order valence-corrected chi connectivity index (χ4v) is 4.94. The molecular formula is C32H44Cl2O6Si. The summed E-state index contributed by atoms with van der Waals surface area (Å²) in [4.78, 5) is 27.0. The van der Waals surface area contributed by atoms with Crippen LogP contribution in [0.25, 0.3) is 6.08 Å². The molecule has 0 aliphatic heterocycles. The summed E-state index contributed by atoms with van der Waals surface area (Å²) >= 11 is 12.1. The van der Waals surface area contributed by atoms with Crippen LogP contribution in [0.4, 0.5) is 0 Å². The van der Waals surface area contributed by atoms with Crippen LogP contribution in [0.2, 0.25) is 28.2 Å². The summed E-state index contributed by atoms with van der Waals surface area (Å²) in [5, 5.41) is 0.770. The van der Waals surface area contributed by atoms with Crippen molar-refractivity contribution in [3.8, 4) is 0 Å². The highest BCUT2D eigenvalue weighted by Crippen LogP contribution is 2.38. The maximum absolute atomic E-state index is 13.5. The van der Waals surface area contributed by atoms with Gasteiger partial charge in [0.25, 0.3) is 0 Å². The molecule has 2 aromatic rings. The molecule has 0 aromatic heterocycles. The Morgan fingerprint density at radius 2 is 1.56 bits per heavy atom. The first-order chi connectivity index (χ1) is 19.0. The highest BCUT2D eigenvalue weighted by molar-refractivity contribution is 6.74. The van der Waals surface area contributed by atoms with Crippen LogP contribution < -0.4 is 0 Å². The van der Waals surface area contributed by atoms with E-state index in [1.807, 2.05) is 61.6 Å². The van der Waals surface area contributed by atoms with Crippen LogP contribution in [-0.4, -0.2) is 44.7 Å². The van der Waals surface area contributed by atoms with Crippen molar-refractivity contribution in [3.63, 3.8) is 0 Å². The first-order valence-electron chi connectivity index (χ1n) is 13.8. The van der Waals surface area contributed by atoms with Crippen LogP contribution >= 0.6 is 23.2 Å². The Morgan fingerprint density at radius 3 is 2.15 bits per heavy atom. The maximum Gasteiger partial charge on any atom is 0.338 e. The third-order valence-electron chi connectivity index (χ3n) is 6.66. The molecule has 0 saturated heterocycles. The van der Waals surface area contributed by atoms with Gasteiger partial charge in [-0.05, 0) is 75.0 Å². The Morgan fingerprint density at radius 1 is 0.902 bits per heavy atom. The van der Waals surface area contributed by atoms with Crippen LogP contribution in [-0.2, 0) is 34.8 Å². The van der Waals surface area contributed by atoms with Crippen molar-refractivity contribution < 1.29 is 28.2 Å². The Bertz CT molecular complexity index is 1170. The molecule has 0 spiro atoms. The maximum atomic E-state index is 13.5. The molecule has 0 bridgehead atoms. The van der Waals surface area contributed by atoms with Gasteiger partial charge in [-0.3, -0.25) is 0 Å². The molecule has 0 fully saturated rings. The smallest absolute Gasteiger partial charge is 0.338 e. The lowest BCUT2D eigenvalue weighted by Crippen LogP contribution is -2.54. The summed E-state index contributed by atoms with van der Waals surface area (Å²) in [6, 6.07) is 14.8. The molecule has 0 amide bonds. The zero-order valence-corrected chi connectivity index (χ0v) is 28.0. The molecule has 0 heterocycles. The minimum absolute atomic E-state index is 0.0487. The molecule has 0 aliphatic carbocycles. The van der Waals surface area contributed by atoms with Gasteiger partial charge >= 0.3 is 11.9 Å². The fraction of sp³-hybridized carbons (Fsp3) is 0.500. The molecule has 0 saturated carbocycles. The van der Waals surface area contributed by atoms with E-state index in [0.29, 0.717) is 22.9 Å². The number of benzene rings is 2. The Kier molecular flexibility index (Phi) is 13.1. The molecule has 0 radical (unpaired) electrons. The standard InChI is InChI=1S/C32H44Cl2O6Si/c1-31(2,3)39-30(36)28(40-41(7,8)32(4,5)6)27(29(35)38-22-24-16-11-9-12-17-24)37-20-14-10-13-15-23-18-19-25(33)26(34)21-23/h9,11-13,15-19,21,27-28H,10,14,20,22H2,1-8H3/t27-,28-/m1/s1. The summed E-state index contributed by atoms with van der Waals surface area (Å²) in [6.45, 7) is 15.8. The molecule has 2 atom stereocenters. The number of ether oxygens (including phenoxy) is 3. The van der Waals surface area contributed by atoms with Crippen LogP contribution in [0.15, 0.2) is 54.6 Å². The second-order valence-corrected chi connectivity index (χ2v) is 18.0. The molecule has 2 aromatic carbocycles. The van der Waals surface area contributed by atoms with E-state index in [2.05, 4.69) is 20.8 Å². The summed E-state index contributed by atoms with van der Waals surface area (Å²) < 4.78 is 23.9. The molecule has 6 nitrogen and oxygen atoms in total. The molecule has 0 N–H and O–H groups in total. The second kappa shape index (κ2) is 15.3. The largest absolute Gasteiger partial charge is 0.459 e. The third-order valence-corrected chi connectivity index (χ3v) is 11.9. The van der Waals surface area contributed by atoms with Gasteiger partial charge in [-0.15, -0.1) is 0 Å². The zero-order valence-electron chi connectivity index (χ0n) is 25.5. The summed E-state index contributed by atoms with van der Waals surface area (Å²) in [7, 11) is -2.53. The molecule has 0 unspecified atom stereocenters. The van der Waals surface area contributed by atoms with Crippen LogP contribution in [0.3, 0.4) is 0 Å². The molecule has 0 aliphatic rings. The first-order valence-corrected chi connectivity index (χ1v) is 17.5. The van der Waals surface area contributed by atoms with Gasteiger partial charge < -0.3 is 18.6 Å². The molecule has 226 valence electrons. The van der Waals surface area contributed by atoms with Gasteiger partial charge in [-0.1, -0.05) is 92.5 Å². The number of carbonyl (C=O) groups excluding carboxylic acids is 2. The average molecular weight is 624 g/mol. The highest BCUT2D eigenvalue weighted by Gasteiger charge is 2.47. The topological polar surface area (TPSA) is 71.1 Å². The Labute approximate surface area is 256 Å². The van der Waals surface area contributed by atoms with Crippen molar-refractivity contribution in [1.29, 1.82) is 0 Å². The number of halogens is 2. The van der Waals surface area contributed by atoms with Crippen molar-refractivity contribution in [2.24, 2.45) is 0 Å². The number of esters is 2. The summed E-state index contributed by atoms with van der Waals surface area (Å²) in [5.41, 5.74) is 0.974. The van der Waals surface area contributed by atoms with E-state index >= 15 is 0 Å². The first kappa shape index (κ1) is 35.0. The van der Waals surface area contributed by atoms with E-state index in [1.165, 1.54) is 0 Å². The lowest BCUT2D eigenvalue weighted by molar-refractivity contribution is -0.183. The number of allylic oxidation sites excluding steroid dienone is 1. The predicted octanol–water partition coefficient (Wildman–Crippen LogP) is 8.65. The number of hydrogen-bond donors (Lipinski definition) is 0. The van der Waals surface area contributed by atoms with E-state index in [-0.39, 0.29) is 18.3 Å². The highest BCUT2D eigenvalue weighted by atomic mass is 35.5. The minimum atomic E-state index is -2.53. The monoisotopic (exact) mass is 622 g/mol. The number of rotatable bonds is 13. The number of unbranched alkanes of at least 4 members (excludes halogenated alkanes) is 1. The van der Waals surface area contributed by atoms with E-state index in [0.717, 1.165) is 11.1 Å². The van der Waals surface area contributed by atoms with E-state index in [1.54, 1.807) is 32.9 Å².